The van der Waals surface area contributed by atoms with Crippen LogP contribution in [0.4, 0.5) is 4.39 Å². The summed E-state index contributed by atoms with van der Waals surface area (Å²) in [5.41, 5.74) is 0.324. The van der Waals surface area contributed by atoms with Crippen LogP contribution in [0.25, 0.3) is 0 Å². The van der Waals surface area contributed by atoms with Crippen molar-refractivity contribution in [3.05, 3.63) is 47.1 Å². The molecule has 0 heterocycles. The van der Waals surface area contributed by atoms with Gasteiger partial charge in [0.25, 0.3) is 0 Å². The summed E-state index contributed by atoms with van der Waals surface area (Å²) in [4.78, 5) is 11.2. The third kappa shape index (κ3) is 3.07. The fourth-order valence-electron chi connectivity index (χ4n) is 0.839. The minimum atomic E-state index is -0.417. The second kappa shape index (κ2) is 4.87. The van der Waals surface area contributed by atoms with E-state index in [0.717, 1.165) is 11.6 Å². The molecule has 0 aliphatic rings. The van der Waals surface area contributed by atoms with Gasteiger partial charge in [0.15, 0.2) is 12.9 Å². The predicted molar refractivity (Wildman–Crippen MR) is 53.2 cm³/mol. The minimum Gasteiger partial charge on any atom is -0.289 e. The predicted octanol–water partition coefficient (Wildman–Crippen LogP) is 2.34. The van der Waals surface area contributed by atoms with Crippen molar-refractivity contribution in [2.45, 2.75) is 0 Å². The first kappa shape index (κ1) is 10.1. The van der Waals surface area contributed by atoms with Gasteiger partial charge in [-0.1, -0.05) is 12.1 Å². The standard InChI is InChI=1S/C9H6BFOS/c10-13-5-4-9(12)7-2-1-3-8(11)6-7/h1-6H/b5-4+. The van der Waals surface area contributed by atoms with E-state index < -0.39 is 5.82 Å². The van der Waals surface area contributed by atoms with Gasteiger partial charge in [-0.15, -0.1) is 0 Å². The summed E-state index contributed by atoms with van der Waals surface area (Å²) in [6, 6.07) is 5.52. The molecule has 0 spiro atoms. The molecule has 0 aliphatic heterocycles. The Kier molecular flexibility index (Phi) is 3.77. The van der Waals surface area contributed by atoms with Gasteiger partial charge in [0, 0.05) is 5.56 Å². The number of carbonyl (C=O) groups excluding carboxylic acids is 1. The number of hydrogen-bond acceptors (Lipinski definition) is 2. The quantitative estimate of drug-likeness (QED) is 0.415. The highest BCUT2D eigenvalue weighted by atomic mass is 32.2. The van der Waals surface area contributed by atoms with Gasteiger partial charge in [-0.05, 0) is 23.6 Å². The Labute approximate surface area is 81.3 Å². The lowest BCUT2D eigenvalue weighted by Crippen LogP contribution is -1.93. The normalized spacial score (nSPS) is 10.5. The average Bonchev–Trinajstić information content (AvgIpc) is 2.14. The van der Waals surface area contributed by atoms with Gasteiger partial charge < -0.3 is 0 Å². The number of rotatable bonds is 3. The van der Waals surface area contributed by atoms with Gasteiger partial charge in [-0.25, -0.2) is 16.0 Å². The fraction of sp³-hybridized carbons (Fsp3) is 0. The summed E-state index contributed by atoms with van der Waals surface area (Å²) in [5.74, 6) is -0.669. The molecule has 0 aliphatic carbocycles. The molecular formula is C9H6BFOS. The van der Waals surface area contributed by atoms with Crippen molar-refractivity contribution in [1.29, 1.82) is 0 Å². The van der Waals surface area contributed by atoms with Crippen molar-refractivity contribution in [1.82, 2.24) is 0 Å². The molecule has 0 bridgehead atoms. The lowest BCUT2D eigenvalue weighted by molar-refractivity contribution is 0.104. The van der Waals surface area contributed by atoms with Crippen LogP contribution in [0.1, 0.15) is 10.4 Å². The van der Waals surface area contributed by atoms with Gasteiger partial charge in [0.2, 0.25) is 0 Å². The molecule has 1 nitrogen and oxygen atoms in total. The molecule has 0 fully saturated rings. The Hall–Kier alpha value is -1.03. The lowest BCUT2D eigenvalue weighted by atomic mass is 10.1. The van der Waals surface area contributed by atoms with Crippen molar-refractivity contribution < 1.29 is 9.18 Å². The van der Waals surface area contributed by atoms with Crippen molar-refractivity contribution in [3.63, 3.8) is 0 Å². The van der Waals surface area contributed by atoms with E-state index in [4.69, 9.17) is 7.12 Å². The molecule has 0 amide bonds. The van der Waals surface area contributed by atoms with Crippen LogP contribution in [-0.4, -0.2) is 12.9 Å². The van der Waals surface area contributed by atoms with Crippen molar-refractivity contribution in [3.8, 4) is 0 Å². The molecule has 1 rings (SSSR count). The van der Waals surface area contributed by atoms with Crippen LogP contribution >= 0.6 is 11.6 Å². The molecule has 13 heavy (non-hydrogen) atoms. The summed E-state index contributed by atoms with van der Waals surface area (Å²) in [5, 5.41) is 1.45. The van der Waals surface area contributed by atoms with Crippen LogP contribution in [0, 0.1) is 5.82 Å². The molecule has 0 saturated heterocycles. The molecule has 1 aromatic carbocycles. The zero-order chi connectivity index (χ0) is 9.68. The summed E-state index contributed by atoms with van der Waals surface area (Å²) in [6.07, 6.45) is 1.30. The summed E-state index contributed by atoms with van der Waals surface area (Å²) < 4.78 is 12.6. The van der Waals surface area contributed by atoms with Crippen LogP contribution in [-0.2, 0) is 0 Å². The highest BCUT2D eigenvalue weighted by molar-refractivity contribution is 8.22. The lowest BCUT2D eigenvalue weighted by Gasteiger charge is -1.94. The van der Waals surface area contributed by atoms with Crippen LogP contribution in [0.5, 0.6) is 0 Å². The van der Waals surface area contributed by atoms with Crippen LogP contribution in [0.2, 0.25) is 0 Å². The third-order valence-corrected chi connectivity index (χ3v) is 1.70. The van der Waals surface area contributed by atoms with E-state index in [9.17, 15) is 9.18 Å². The molecule has 1 aromatic rings. The number of benzene rings is 1. The minimum absolute atomic E-state index is 0.252. The Balaban J connectivity index is 2.83. The van der Waals surface area contributed by atoms with Crippen molar-refractivity contribution in [2.75, 3.05) is 0 Å². The Morgan fingerprint density at radius 3 is 2.92 bits per heavy atom. The van der Waals surface area contributed by atoms with Crippen LogP contribution in [0.3, 0.4) is 0 Å². The van der Waals surface area contributed by atoms with E-state index in [-0.39, 0.29) is 5.78 Å². The molecular weight excluding hydrogens is 186 g/mol. The summed E-state index contributed by atoms with van der Waals surface area (Å²) in [7, 11) is 5.09. The average molecular weight is 192 g/mol. The van der Waals surface area contributed by atoms with E-state index >= 15 is 0 Å². The number of carbonyl (C=O) groups is 1. The van der Waals surface area contributed by atoms with Gasteiger partial charge in [-0.3, -0.25) is 4.79 Å². The molecule has 0 unspecified atom stereocenters. The first-order chi connectivity index (χ1) is 6.24. The molecule has 0 aromatic heterocycles. The van der Waals surface area contributed by atoms with Gasteiger partial charge in [0.05, 0.1) is 0 Å². The van der Waals surface area contributed by atoms with Gasteiger partial charge in [0.1, 0.15) is 5.82 Å². The van der Waals surface area contributed by atoms with Crippen molar-refractivity contribution >= 4 is 24.5 Å². The molecule has 64 valence electrons. The largest absolute Gasteiger partial charge is 0.289 e. The topological polar surface area (TPSA) is 17.1 Å². The monoisotopic (exact) mass is 192 g/mol. The molecule has 0 N–H and O–H groups in total. The van der Waals surface area contributed by atoms with Crippen molar-refractivity contribution in [2.24, 2.45) is 0 Å². The van der Waals surface area contributed by atoms with E-state index in [1.54, 1.807) is 6.07 Å². The molecule has 0 atom stereocenters. The highest BCUT2D eigenvalue weighted by Gasteiger charge is 2.01. The van der Waals surface area contributed by atoms with Gasteiger partial charge >= 0.3 is 0 Å². The highest BCUT2D eigenvalue weighted by Crippen LogP contribution is 2.06. The van der Waals surface area contributed by atoms with Crippen LogP contribution < -0.4 is 0 Å². The molecule has 0 saturated carbocycles. The Bertz CT molecular complexity index is 338. The van der Waals surface area contributed by atoms with E-state index in [2.05, 4.69) is 0 Å². The third-order valence-electron chi connectivity index (χ3n) is 1.41. The second-order valence-electron chi connectivity index (χ2n) is 2.31. The number of ketones is 1. The number of hydrogen-bond donors (Lipinski definition) is 0. The maximum atomic E-state index is 12.6. The van der Waals surface area contributed by atoms with E-state index in [1.807, 2.05) is 0 Å². The summed E-state index contributed by atoms with van der Waals surface area (Å²) >= 11 is 0.934. The Morgan fingerprint density at radius 1 is 1.54 bits per heavy atom. The first-order valence-corrected chi connectivity index (χ1v) is 4.50. The fourth-order valence-corrected chi connectivity index (χ4v) is 1.04. The summed E-state index contributed by atoms with van der Waals surface area (Å²) in [6.45, 7) is 0. The maximum Gasteiger partial charge on any atom is 0.186 e. The smallest absolute Gasteiger partial charge is 0.186 e. The zero-order valence-electron chi connectivity index (χ0n) is 6.74. The van der Waals surface area contributed by atoms with E-state index in [1.165, 1.54) is 29.7 Å². The second-order valence-corrected chi connectivity index (χ2v) is 2.86. The Morgan fingerprint density at radius 2 is 2.31 bits per heavy atom. The molecule has 2 radical (unpaired) electrons. The zero-order valence-corrected chi connectivity index (χ0v) is 7.55. The van der Waals surface area contributed by atoms with E-state index in [0.29, 0.717) is 5.56 Å². The SMILES string of the molecule is [B]S/C=C/C(=O)c1cccc(F)c1. The maximum absolute atomic E-state index is 12.6. The first-order valence-electron chi connectivity index (χ1n) is 3.56. The molecule has 4 heteroatoms. The van der Waals surface area contributed by atoms with Crippen LogP contribution in [0.15, 0.2) is 35.7 Å². The number of allylic oxidation sites excluding steroid dienone is 1. The number of halogens is 1. The van der Waals surface area contributed by atoms with Gasteiger partial charge in [-0.2, -0.15) is 0 Å².